The Morgan fingerprint density at radius 3 is 2.71 bits per heavy atom. The zero-order chi connectivity index (χ0) is 15.6. The second kappa shape index (κ2) is 6.18. The average molecular weight is 332 g/mol. The van der Waals surface area contributed by atoms with Crippen LogP contribution in [0.4, 0.5) is 10.9 Å². The first kappa shape index (κ1) is 16.0. The summed E-state index contributed by atoms with van der Waals surface area (Å²) >= 11 is 1.20. The van der Waals surface area contributed by atoms with Gasteiger partial charge in [-0.2, -0.15) is 0 Å². The van der Waals surface area contributed by atoms with Crippen molar-refractivity contribution in [3.8, 4) is 0 Å². The first-order valence-electron chi connectivity index (χ1n) is 6.76. The van der Waals surface area contributed by atoms with Gasteiger partial charge < -0.3 is 16.4 Å². The number of nitrogens with one attached hydrogen (secondary N) is 2. The van der Waals surface area contributed by atoms with E-state index in [1.54, 1.807) is 6.92 Å². The van der Waals surface area contributed by atoms with Crippen LogP contribution in [-0.4, -0.2) is 43.4 Å². The molecule has 1 aliphatic rings. The van der Waals surface area contributed by atoms with E-state index in [1.807, 2.05) is 0 Å². The topological polar surface area (TPSA) is 114 Å². The Morgan fingerprint density at radius 2 is 2.19 bits per heavy atom. The SMILES string of the molecule is CC(CS(C)(=O)=O)NC(=O)c1sc(NC2CCC2)nc1N. The van der Waals surface area contributed by atoms with Crippen molar-refractivity contribution in [2.24, 2.45) is 0 Å². The smallest absolute Gasteiger partial charge is 0.265 e. The lowest BCUT2D eigenvalue weighted by molar-refractivity contribution is 0.0948. The number of thiazole rings is 1. The maximum absolute atomic E-state index is 12.1. The molecular weight excluding hydrogens is 312 g/mol. The standard InChI is InChI=1S/C12H20N4O3S2/c1-7(6-21(2,18)19)14-11(17)9-10(13)16-12(20-9)15-8-4-3-5-8/h7-8H,3-6,13H2,1-2H3,(H,14,17)(H,15,16). The number of nitrogen functional groups attached to an aromatic ring is 1. The molecule has 1 heterocycles. The number of nitrogens with zero attached hydrogens (tertiary/aromatic N) is 1. The van der Waals surface area contributed by atoms with E-state index < -0.39 is 15.9 Å². The number of hydrogen-bond acceptors (Lipinski definition) is 7. The predicted molar refractivity (Wildman–Crippen MR) is 84.4 cm³/mol. The number of sulfone groups is 1. The maximum atomic E-state index is 12.1. The number of carbonyl (C=O) groups is 1. The van der Waals surface area contributed by atoms with Crippen molar-refractivity contribution in [3.63, 3.8) is 0 Å². The van der Waals surface area contributed by atoms with Gasteiger partial charge in [0.15, 0.2) is 5.13 Å². The van der Waals surface area contributed by atoms with Gasteiger partial charge in [-0.15, -0.1) is 0 Å². The molecule has 1 saturated carbocycles. The highest BCUT2D eigenvalue weighted by Gasteiger charge is 2.22. The number of aromatic nitrogens is 1. The highest BCUT2D eigenvalue weighted by Crippen LogP contribution is 2.29. The Bertz CT molecular complexity index is 622. The number of rotatable bonds is 6. The Balaban J connectivity index is 1.98. The number of anilines is 2. The fourth-order valence-electron chi connectivity index (χ4n) is 2.07. The lowest BCUT2D eigenvalue weighted by atomic mass is 9.93. The van der Waals surface area contributed by atoms with Crippen LogP contribution < -0.4 is 16.4 Å². The Morgan fingerprint density at radius 1 is 1.52 bits per heavy atom. The molecule has 1 fully saturated rings. The predicted octanol–water partition coefficient (Wildman–Crippen LogP) is 0.853. The summed E-state index contributed by atoms with van der Waals surface area (Å²) in [7, 11) is -3.14. The fourth-order valence-corrected chi connectivity index (χ4v) is 3.93. The first-order chi connectivity index (χ1) is 9.74. The summed E-state index contributed by atoms with van der Waals surface area (Å²) in [5.74, 6) is -0.321. The summed E-state index contributed by atoms with van der Waals surface area (Å²) in [5.41, 5.74) is 5.76. The minimum atomic E-state index is -3.14. The van der Waals surface area contributed by atoms with Crippen LogP contribution in [0.2, 0.25) is 0 Å². The van der Waals surface area contributed by atoms with E-state index in [0.29, 0.717) is 16.1 Å². The largest absolute Gasteiger partial charge is 0.382 e. The highest BCUT2D eigenvalue weighted by molar-refractivity contribution is 7.90. The summed E-state index contributed by atoms with van der Waals surface area (Å²) < 4.78 is 22.4. The molecule has 0 radical (unpaired) electrons. The highest BCUT2D eigenvalue weighted by atomic mass is 32.2. The van der Waals surface area contributed by atoms with Crippen LogP contribution in [0, 0.1) is 0 Å². The van der Waals surface area contributed by atoms with Crippen LogP contribution in [0.1, 0.15) is 35.9 Å². The minimum Gasteiger partial charge on any atom is -0.382 e. The van der Waals surface area contributed by atoms with Crippen LogP contribution >= 0.6 is 11.3 Å². The van der Waals surface area contributed by atoms with Crippen molar-refractivity contribution in [2.75, 3.05) is 23.1 Å². The molecule has 0 bridgehead atoms. The van der Waals surface area contributed by atoms with E-state index in [-0.39, 0.29) is 17.5 Å². The number of nitrogens with two attached hydrogens (primary N) is 1. The van der Waals surface area contributed by atoms with Gasteiger partial charge in [0.25, 0.3) is 5.91 Å². The van der Waals surface area contributed by atoms with Crippen LogP contribution in [0.5, 0.6) is 0 Å². The van der Waals surface area contributed by atoms with Gasteiger partial charge in [0.05, 0.1) is 5.75 Å². The molecule has 1 aromatic heterocycles. The van der Waals surface area contributed by atoms with Crippen molar-refractivity contribution in [3.05, 3.63) is 4.88 Å². The van der Waals surface area contributed by atoms with Gasteiger partial charge >= 0.3 is 0 Å². The molecule has 1 amide bonds. The Labute approximate surface area is 128 Å². The van der Waals surface area contributed by atoms with Crippen LogP contribution in [0.25, 0.3) is 0 Å². The third-order valence-corrected chi connectivity index (χ3v) is 5.33. The van der Waals surface area contributed by atoms with Crippen molar-refractivity contribution in [1.82, 2.24) is 10.3 Å². The Hall–Kier alpha value is -1.35. The summed E-state index contributed by atoms with van der Waals surface area (Å²) in [5, 5.41) is 6.51. The van der Waals surface area contributed by atoms with Gasteiger partial charge in [0.1, 0.15) is 20.5 Å². The molecule has 4 N–H and O–H groups in total. The third-order valence-electron chi connectivity index (χ3n) is 3.22. The lowest BCUT2D eigenvalue weighted by Gasteiger charge is -2.25. The third kappa shape index (κ3) is 4.57. The summed E-state index contributed by atoms with van der Waals surface area (Å²) in [6.07, 6.45) is 4.55. The van der Waals surface area contributed by atoms with Crippen LogP contribution in [0.3, 0.4) is 0 Å². The van der Waals surface area contributed by atoms with Crippen molar-refractivity contribution >= 4 is 38.0 Å². The quantitative estimate of drug-likeness (QED) is 0.711. The molecule has 7 nitrogen and oxygen atoms in total. The summed E-state index contributed by atoms with van der Waals surface area (Å²) in [6, 6.07) is -0.0624. The molecule has 0 aliphatic heterocycles. The van der Waals surface area contributed by atoms with Gasteiger partial charge in [-0.25, -0.2) is 13.4 Å². The molecule has 118 valence electrons. The second-order valence-electron chi connectivity index (χ2n) is 5.47. The zero-order valence-electron chi connectivity index (χ0n) is 12.0. The molecule has 21 heavy (non-hydrogen) atoms. The van der Waals surface area contributed by atoms with Gasteiger partial charge in [0.2, 0.25) is 0 Å². The zero-order valence-corrected chi connectivity index (χ0v) is 13.7. The molecule has 0 spiro atoms. The van der Waals surface area contributed by atoms with E-state index in [1.165, 1.54) is 17.8 Å². The van der Waals surface area contributed by atoms with Crippen molar-refractivity contribution < 1.29 is 13.2 Å². The molecule has 1 aromatic rings. The second-order valence-corrected chi connectivity index (χ2v) is 8.66. The molecule has 2 rings (SSSR count). The summed E-state index contributed by atoms with van der Waals surface area (Å²) in [6.45, 7) is 1.64. The molecule has 1 aliphatic carbocycles. The van der Waals surface area contributed by atoms with E-state index >= 15 is 0 Å². The molecular formula is C12H20N4O3S2. The normalized spacial score (nSPS) is 17.0. The van der Waals surface area contributed by atoms with E-state index in [0.717, 1.165) is 19.1 Å². The van der Waals surface area contributed by atoms with E-state index in [4.69, 9.17) is 5.73 Å². The minimum absolute atomic E-state index is 0.107. The van der Waals surface area contributed by atoms with Crippen molar-refractivity contribution in [1.29, 1.82) is 0 Å². The first-order valence-corrected chi connectivity index (χ1v) is 9.63. The van der Waals surface area contributed by atoms with E-state index in [9.17, 15) is 13.2 Å². The van der Waals surface area contributed by atoms with Gasteiger partial charge in [-0.1, -0.05) is 11.3 Å². The van der Waals surface area contributed by atoms with Gasteiger partial charge in [-0.05, 0) is 26.2 Å². The molecule has 0 aromatic carbocycles. The van der Waals surface area contributed by atoms with Crippen molar-refractivity contribution in [2.45, 2.75) is 38.3 Å². The lowest BCUT2D eigenvalue weighted by Crippen LogP contribution is -2.37. The fraction of sp³-hybridized carbons (Fsp3) is 0.667. The Kier molecular flexibility index (Phi) is 4.72. The molecule has 1 unspecified atom stereocenters. The summed E-state index contributed by atoms with van der Waals surface area (Å²) in [4.78, 5) is 16.6. The number of hydrogen-bond donors (Lipinski definition) is 3. The molecule has 1 atom stereocenters. The monoisotopic (exact) mass is 332 g/mol. The van der Waals surface area contributed by atoms with Gasteiger partial charge in [-0.3, -0.25) is 4.79 Å². The van der Waals surface area contributed by atoms with Gasteiger partial charge in [0, 0.05) is 18.3 Å². The molecule has 9 heteroatoms. The number of carbonyl (C=O) groups excluding carboxylic acids is 1. The van der Waals surface area contributed by atoms with Crippen LogP contribution in [-0.2, 0) is 9.84 Å². The molecule has 0 saturated heterocycles. The average Bonchev–Trinajstić information content (AvgIpc) is 2.62. The maximum Gasteiger partial charge on any atom is 0.265 e. The number of amides is 1. The van der Waals surface area contributed by atoms with E-state index in [2.05, 4.69) is 15.6 Å². The van der Waals surface area contributed by atoms with Crippen LogP contribution in [0.15, 0.2) is 0 Å².